The number of hydrogen-bond acceptors (Lipinski definition) is 3. The first-order valence-corrected chi connectivity index (χ1v) is 6.14. The number of amides is 1. The summed E-state index contributed by atoms with van der Waals surface area (Å²) >= 11 is 0. The summed E-state index contributed by atoms with van der Waals surface area (Å²) < 4.78 is 0. The van der Waals surface area contributed by atoms with Gasteiger partial charge in [0.15, 0.2) is 0 Å². The molecule has 0 saturated carbocycles. The number of H-pyrrole nitrogens is 1. The quantitative estimate of drug-likeness (QED) is 0.849. The summed E-state index contributed by atoms with van der Waals surface area (Å²) in [7, 11) is 0. The highest BCUT2D eigenvalue weighted by molar-refractivity contribution is 6.07. The SMILES string of the molecule is O=C(O)C1CCCN1C(=O)c1c[nH]c2ncccc12. The van der Waals surface area contributed by atoms with E-state index in [1.807, 2.05) is 0 Å². The number of rotatable bonds is 2. The van der Waals surface area contributed by atoms with Crippen LogP contribution in [0.25, 0.3) is 11.0 Å². The fourth-order valence-corrected chi connectivity index (χ4v) is 2.55. The average molecular weight is 259 g/mol. The van der Waals surface area contributed by atoms with E-state index in [-0.39, 0.29) is 5.91 Å². The molecule has 19 heavy (non-hydrogen) atoms. The third-order valence-electron chi connectivity index (χ3n) is 3.48. The van der Waals surface area contributed by atoms with Crippen LogP contribution in [-0.2, 0) is 4.79 Å². The van der Waals surface area contributed by atoms with Crippen molar-refractivity contribution in [1.29, 1.82) is 0 Å². The summed E-state index contributed by atoms with van der Waals surface area (Å²) in [5.74, 6) is -1.19. The predicted molar refractivity (Wildman–Crippen MR) is 67.8 cm³/mol. The van der Waals surface area contributed by atoms with Crippen molar-refractivity contribution in [3.05, 3.63) is 30.1 Å². The largest absolute Gasteiger partial charge is 0.480 e. The zero-order valence-corrected chi connectivity index (χ0v) is 10.2. The smallest absolute Gasteiger partial charge is 0.326 e. The monoisotopic (exact) mass is 259 g/mol. The number of aromatic nitrogens is 2. The summed E-state index contributed by atoms with van der Waals surface area (Å²) in [4.78, 5) is 32.1. The number of nitrogens with one attached hydrogen (secondary N) is 1. The van der Waals surface area contributed by atoms with Gasteiger partial charge in [0.2, 0.25) is 0 Å². The van der Waals surface area contributed by atoms with E-state index in [0.29, 0.717) is 24.2 Å². The van der Waals surface area contributed by atoms with Gasteiger partial charge >= 0.3 is 5.97 Å². The maximum absolute atomic E-state index is 12.5. The summed E-state index contributed by atoms with van der Waals surface area (Å²) in [6, 6.07) is 2.85. The molecule has 0 radical (unpaired) electrons. The molecule has 1 amide bonds. The van der Waals surface area contributed by atoms with Gasteiger partial charge in [-0.2, -0.15) is 0 Å². The van der Waals surface area contributed by atoms with E-state index >= 15 is 0 Å². The van der Waals surface area contributed by atoms with Crippen molar-refractivity contribution in [2.45, 2.75) is 18.9 Å². The van der Waals surface area contributed by atoms with Gasteiger partial charge in [-0.25, -0.2) is 9.78 Å². The van der Waals surface area contributed by atoms with Crippen molar-refractivity contribution in [3.8, 4) is 0 Å². The molecule has 0 aromatic carbocycles. The average Bonchev–Trinajstić information content (AvgIpc) is 3.05. The van der Waals surface area contributed by atoms with Crippen LogP contribution in [0.15, 0.2) is 24.5 Å². The van der Waals surface area contributed by atoms with Crippen LogP contribution in [0.1, 0.15) is 23.2 Å². The Kier molecular flexibility index (Phi) is 2.70. The summed E-state index contributed by atoms with van der Waals surface area (Å²) in [6.45, 7) is 0.489. The Morgan fingerprint density at radius 2 is 2.32 bits per heavy atom. The second kappa shape index (κ2) is 4.38. The number of aromatic amines is 1. The molecule has 2 N–H and O–H groups in total. The molecule has 6 nitrogen and oxygen atoms in total. The van der Waals surface area contributed by atoms with Crippen molar-refractivity contribution in [3.63, 3.8) is 0 Å². The Morgan fingerprint density at radius 3 is 3.11 bits per heavy atom. The molecule has 2 aromatic heterocycles. The highest BCUT2D eigenvalue weighted by Gasteiger charge is 2.35. The highest BCUT2D eigenvalue weighted by Crippen LogP contribution is 2.23. The number of fused-ring (bicyclic) bond motifs is 1. The Bertz CT molecular complexity index is 649. The molecular formula is C13H13N3O3. The molecule has 1 atom stereocenters. The molecule has 1 aliphatic heterocycles. The molecule has 2 aromatic rings. The lowest BCUT2D eigenvalue weighted by Crippen LogP contribution is -2.40. The van der Waals surface area contributed by atoms with Crippen LogP contribution in [0, 0.1) is 0 Å². The zero-order chi connectivity index (χ0) is 13.4. The summed E-state index contributed by atoms with van der Waals surface area (Å²) in [6.07, 6.45) is 4.48. The van der Waals surface area contributed by atoms with E-state index in [1.165, 1.54) is 4.90 Å². The molecule has 6 heteroatoms. The highest BCUT2D eigenvalue weighted by atomic mass is 16.4. The van der Waals surface area contributed by atoms with Gasteiger partial charge in [0, 0.05) is 24.3 Å². The zero-order valence-electron chi connectivity index (χ0n) is 10.2. The Labute approximate surface area is 109 Å². The van der Waals surface area contributed by atoms with Gasteiger partial charge in [-0.05, 0) is 25.0 Å². The van der Waals surface area contributed by atoms with Crippen LogP contribution < -0.4 is 0 Å². The molecule has 3 rings (SSSR count). The van der Waals surface area contributed by atoms with Crippen LogP contribution in [-0.4, -0.2) is 44.4 Å². The Balaban J connectivity index is 1.98. The number of nitrogens with zero attached hydrogens (tertiary/aromatic N) is 2. The molecule has 0 aliphatic carbocycles. The first kappa shape index (κ1) is 11.7. The number of carboxylic acid groups (broad SMARTS) is 1. The minimum atomic E-state index is -0.941. The van der Waals surface area contributed by atoms with Crippen LogP contribution in [0.3, 0.4) is 0 Å². The van der Waals surface area contributed by atoms with Gasteiger partial charge in [-0.1, -0.05) is 0 Å². The van der Waals surface area contributed by atoms with E-state index in [9.17, 15) is 9.59 Å². The molecule has 1 aliphatic rings. The fourth-order valence-electron chi connectivity index (χ4n) is 2.55. The first-order valence-electron chi connectivity index (χ1n) is 6.14. The molecule has 98 valence electrons. The molecular weight excluding hydrogens is 246 g/mol. The van der Waals surface area contributed by atoms with Crippen molar-refractivity contribution in [1.82, 2.24) is 14.9 Å². The number of carbonyl (C=O) groups excluding carboxylic acids is 1. The van der Waals surface area contributed by atoms with Crippen molar-refractivity contribution in [2.24, 2.45) is 0 Å². The van der Waals surface area contributed by atoms with E-state index in [2.05, 4.69) is 9.97 Å². The predicted octanol–water partition coefficient (Wildman–Crippen LogP) is 1.25. The second-order valence-electron chi connectivity index (χ2n) is 4.60. The third kappa shape index (κ3) is 1.85. The lowest BCUT2D eigenvalue weighted by Gasteiger charge is -2.20. The molecule has 1 unspecified atom stereocenters. The molecule has 3 heterocycles. The first-order chi connectivity index (χ1) is 9.18. The lowest BCUT2D eigenvalue weighted by molar-refractivity contribution is -0.141. The minimum absolute atomic E-state index is 0.246. The van der Waals surface area contributed by atoms with Gasteiger partial charge in [-0.3, -0.25) is 4.79 Å². The van der Waals surface area contributed by atoms with Gasteiger partial charge in [0.1, 0.15) is 11.7 Å². The minimum Gasteiger partial charge on any atom is -0.480 e. The number of carbonyl (C=O) groups is 2. The normalized spacial score (nSPS) is 18.9. The van der Waals surface area contributed by atoms with Gasteiger partial charge in [-0.15, -0.1) is 0 Å². The van der Waals surface area contributed by atoms with E-state index in [1.54, 1.807) is 24.5 Å². The molecule has 1 fully saturated rings. The van der Waals surface area contributed by atoms with Crippen molar-refractivity contribution >= 4 is 22.9 Å². The number of likely N-dealkylation sites (tertiary alicyclic amines) is 1. The van der Waals surface area contributed by atoms with Gasteiger partial charge in [0.25, 0.3) is 5.91 Å². The van der Waals surface area contributed by atoms with Crippen molar-refractivity contribution < 1.29 is 14.7 Å². The van der Waals surface area contributed by atoms with Gasteiger partial charge < -0.3 is 15.0 Å². The maximum Gasteiger partial charge on any atom is 0.326 e. The van der Waals surface area contributed by atoms with Crippen LogP contribution in [0.4, 0.5) is 0 Å². The molecule has 0 bridgehead atoms. The van der Waals surface area contributed by atoms with E-state index in [0.717, 1.165) is 11.8 Å². The maximum atomic E-state index is 12.5. The number of aliphatic carboxylic acids is 1. The number of carboxylic acids is 1. The summed E-state index contributed by atoms with van der Waals surface area (Å²) in [5, 5.41) is 9.85. The van der Waals surface area contributed by atoms with E-state index < -0.39 is 12.0 Å². The van der Waals surface area contributed by atoms with Crippen LogP contribution in [0.2, 0.25) is 0 Å². The van der Waals surface area contributed by atoms with Crippen LogP contribution in [0.5, 0.6) is 0 Å². The lowest BCUT2D eigenvalue weighted by atomic mass is 10.1. The third-order valence-corrected chi connectivity index (χ3v) is 3.48. The van der Waals surface area contributed by atoms with Crippen molar-refractivity contribution in [2.75, 3.05) is 6.54 Å². The van der Waals surface area contributed by atoms with Gasteiger partial charge in [0.05, 0.1) is 5.56 Å². The number of pyridine rings is 1. The fraction of sp³-hybridized carbons (Fsp3) is 0.308. The molecule has 1 saturated heterocycles. The Hall–Kier alpha value is -2.37. The Morgan fingerprint density at radius 1 is 1.47 bits per heavy atom. The standard InChI is InChI=1S/C13H13N3O3/c17-12(16-6-2-4-10(16)13(18)19)9-7-15-11-8(9)3-1-5-14-11/h1,3,5,7,10H,2,4,6H2,(H,14,15)(H,18,19). The number of hydrogen-bond donors (Lipinski definition) is 2. The molecule has 0 spiro atoms. The summed E-state index contributed by atoms with van der Waals surface area (Å²) in [5.41, 5.74) is 1.12. The topological polar surface area (TPSA) is 86.3 Å². The van der Waals surface area contributed by atoms with Crippen LogP contribution >= 0.6 is 0 Å². The van der Waals surface area contributed by atoms with E-state index in [4.69, 9.17) is 5.11 Å². The second-order valence-corrected chi connectivity index (χ2v) is 4.60.